The van der Waals surface area contributed by atoms with E-state index < -0.39 is 0 Å². The van der Waals surface area contributed by atoms with Gasteiger partial charge in [0.1, 0.15) is 0 Å². The molecule has 1 fully saturated rings. The normalized spacial score (nSPS) is 16.3. The summed E-state index contributed by atoms with van der Waals surface area (Å²) in [4.78, 5) is 6.49. The van der Waals surface area contributed by atoms with Crippen LogP contribution in [0.2, 0.25) is 0 Å². The number of pyridine rings is 1. The van der Waals surface area contributed by atoms with E-state index in [1.807, 2.05) is 12.1 Å². The number of rotatable bonds is 4. The summed E-state index contributed by atoms with van der Waals surface area (Å²) in [5.74, 6) is 0.855. The molecule has 3 rings (SSSR count). The first kappa shape index (κ1) is 17.7. The Morgan fingerprint density at radius 3 is 2.40 bits per heavy atom. The van der Waals surface area contributed by atoms with E-state index in [-0.39, 0.29) is 6.04 Å². The predicted molar refractivity (Wildman–Crippen MR) is 109 cm³/mol. The Hall–Kier alpha value is -2.14. The molecule has 1 aromatic carbocycles. The molecule has 0 unspecified atom stereocenters. The van der Waals surface area contributed by atoms with Gasteiger partial charge in [0.25, 0.3) is 0 Å². The van der Waals surface area contributed by atoms with Crippen molar-refractivity contribution in [2.45, 2.75) is 32.7 Å². The third-order valence-corrected chi connectivity index (χ3v) is 5.05. The molecule has 1 aliphatic rings. The smallest absolute Gasteiger partial charge is 0.171 e. The second kappa shape index (κ2) is 8.30. The average molecular weight is 355 g/mol. The van der Waals surface area contributed by atoms with Crippen LogP contribution < -0.4 is 15.5 Å². The maximum Gasteiger partial charge on any atom is 0.171 e. The quantitative estimate of drug-likeness (QED) is 0.798. The number of aromatic nitrogens is 1. The van der Waals surface area contributed by atoms with Crippen LogP contribution in [0.3, 0.4) is 0 Å². The number of nitrogens with one attached hydrogen (secondary N) is 2. The molecule has 1 aromatic heterocycles. The monoisotopic (exact) mass is 354 g/mol. The van der Waals surface area contributed by atoms with Crippen molar-refractivity contribution in [1.29, 1.82) is 0 Å². The molecule has 0 aliphatic carbocycles. The summed E-state index contributed by atoms with van der Waals surface area (Å²) in [6.45, 7) is 6.79. The van der Waals surface area contributed by atoms with Gasteiger partial charge in [-0.05, 0) is 67.7 Å². The molecule has 2 heterocycles. The minimum Gasteiger partial charge on any atom is -0.372 e. The van der Waals surface area contributed by atoms with Gasteiger partial charge in [-0.2, -0.15) is 0 Å². The fourth-order valence-corrected chi connectivity index (χ4v) is 3.42. The van der Waals surface area contributed by atoms with E-state index in [0.29, 0.717) is 5.11 Å². The molecule has 2 N–H and O–H groups in total. The zero-order chi connectivity index (χ0) is 17.6. The van der Waals surface area contributed by atoms with Gasteiger partial charge in [-0.25, -0.2) is 0 Å². The van der Waals surface area contributed by atoms with Crippen LogP contribution in [0.15, 0.2) is 48.8 Å². The Bertz CT molecular complexity index is 679. The van der Waals surface area contributed by atoms with Crippen LogP contribution in [0.5, 0.6) is 0 Å². The van der Waals surface area contributed by atoms with Gasteiger partial charge in [0.05, 0.1) is 6.04 Å². The lowest BCUT2D eigenvalue weighted by Gasteiger charge is -2.32. The van der Waals surface area contributed by atoms with Crippen molar-refractivity contribution in [2.24, 2.45) is 5.92 Å². The predicted octanol–water partition coefficient (Wildman–Crippen LogP) is 4.37. The lowest BCUT2D eigenvalue weighted by Crippen LogP contribution is -2.33. The largest absolute Gasteiger partial charge is 0.372 e. The highest BCUT2D eigenvalue weighted by molar-refractivity contribution is 7.80. The van der Waals surface area contributed by atoms with E-state index in [4.69, 9.17) is 12.2 Å². The molecule has 1 atom stereocenters. The van der Waals surface area contributed by atoms with E-state index in [1.54, 1.807) is 12.4 Å². The molecule has 25 heavy (non-hydrogen) atoms. The summed E-state index contributed by atoms with van der Waals surface area (Å²) in [6.07, 6.45) is 6.06. The highest BCUT2D eigenvalue weighted by atomic mass is 32.1. The van der Waals surface area contributed by atoms with Crippen molar-refractivity contribution in [1.82, 2.24) is 10.3 Å². The van der Waals surface area contributed by atoms with Gasteiger partial charge < -0.3 is 15.5 Å². The molecule has 2 aromatic rings. The van der Waals surface area contributed by atoms with Crippen LogP contribution in [-0.4, -0.2) is 23.2 Å². The number of piperidine rings is 1. The molecule has 132 valence electrons. The first-order valence-corrected chi connectivity index (χ1v) is 9.35. The lowest BCUT2D eigenvalue weighted by molar-refractivity contribution is 0.438. The van der Waals surface area contributed by atoms with Gasteiger partial charge >= 0.3 is 0 Å². The Labute approximate surface area is 155 Å². The molecule has 1 saturated heterocycles. The van der Waals surface area contributed by atoms with Gasteiger partial charge in [0.15, 0.2) is 5.11 Å². The number of nitrogens with zero attached hydrogens (tertiary/aromatic N) is 2. The van der Waals surface area contributed by atoms with Crippen LogP contribution in [0.25, 0.3) is 0 Å². The lowest BCUT2D eigenvalue weighted by atomic mass is 9.98. The molecule has 0 radical (unpaired) electrons. The molecular formula is C20H26N4S. The number of hydrogen-bond donors (Lipinski definition) is 2. The van der Waals surface area contributed by atoms with Crippen LogP contribution >= 0.6 is 12.2 Å². The second-order valence-corrected chi connectivity index (χ2v) is 7.23. The standard InChI is InChI=1S/C20H26N4S/c1-15-9-13-24(14-10-15)19-5-3-17(4-6-19)16(2)22-20(25)23-18-7-11-21-12-8-18/h3-8,11-12,15-16H,9-10,13-14H2,1-2H3,(H2,21,22,23,25)/t16-/m1/s1. The molecule has 4 nitrogen and oxygen atoms in total. The number of hydrogen-bond acceptors (Lipinski definition) is 3. The summed E-state index contributed by atoms with van der Waals surface area (Å²) in [5.41, 5.74) is 3.49. The maximum atomic E-state index is 5.40. The first-order valence-electron chi connectivity index (χ1n) is 8.94. The van der Waals surface area contributed by atoms with Crippen LogP contribution in [-0.2, 0) is 0 Å². The highest BCUT2D eigenvalue weighted by Crippen LogP contribution is 2.24. The summed E-state index contributed by atoms with van der Waals surface area (Å²) >= 11 is 5.40. The van der Waals surface area contributed by atoms with Crippen molar-refractivity contribution in [3.63, 3.8) is 0 Å². The van der Waals surface area contributed by atoms with Crippen LogP contribution in [0, 0.1) is 5.92 Å². The molecule has 5 heteroatoms. The zero-order valence-electron chi connectivity index (χ0n) is 14.9. The molecule has 0 spiro atoms. The fraction of sp³-hybridized carbons (Fsp3) is 0.400. The second-order valence-electron chi connectivity index (χ2n) is 6.82. The van der Waals surface area contributed by atoms with Gasteiger partial charge in [-0.1, -0.05) is 19.1 Å². The van der Waals surface area contributed by atoms with Gasteiger partial charge in [-0.15, -0.1) is 0 Å². The molecule has 0 amide bonds. The van der Waals surface area contributed by atoms with Gasteiger partial charge in [-0.3, -0.25) is 4.98 Å². The van der Waals surface area contributed by atoms with E-state index in [1.165, 1.54) is 24.1 Å². The molecule has 0 bridgehead atoms. The molecule has 1 aliphatic heterocycles. The number of thiocarbonyl (C=S) groups is 1. The maximum absolute atomic E-state index is 5.40. The average Bonchev–Trinajstić information content (AvgIpc) is 2.63. The summed E-state index contributed by atoms with van der Waals surface area (Å²) in [5, 5.41) is 7.14. The third kappa shape index (κ3) is 4.92. The number of anilines is 2. The highest BCUT2D eigenvalue weighted by Gasteiger charge is 2.16. The van der Waals surface area contributed by atoms with Crippen molar-refractivity contribution < 1.29 is 0 Å². The van der Waals surface area contributed by atoms with Gasteiger partial charge in [0.2, 0.25) is 0 Å². The Morgan fingerprint density at radius 1 is 1.12 bits per heavy atom. The Kier molecular flexibility index (Phi) is 5.87. The Morgan fingerprint density at radius 2 is 1.76 bits per heavy atom. The Balaban J connectivity index is 1.55. The van der Waals surface area contributed by atoms with E-state index in [9.17, 15) is 0 Å². The van der Waals surface area contributed by atoms with Crippen molar-refractivity contribution in [2.75, 3.05) is 23.3 Å². The minimum atomic E-state index is 0.150. The van der Waals surface area contributed by atoms with E-state index in [2.05, 4.69) is 58.6 Å². The third-order valence-electron chi connectivity index (χ3n) is 4.83. The van der Waals surface area contributed by atoms with Gasteiger partial charge in [0, 0.05) is 36.9 Å². The summed E-state index contributed by atoms with van der Waals surface area (Å²) < 4.78 is 0. The van der Waals surface area contributed by atoms with Crippen molar-refractivity contribution in [3.05, 3.63) is 54.4 Å². The summed E-state index contributed by atoms with van der Waals surface area (Å²) in [7, 11) is 0. The molecule has 0 saturated carbocycles. The SMILES string of the molecule is CC1CCN(c2ccc([C@@H](C)NC(=S)Nc3ccncc3)cc2)CC1. The van der Waals surface area contributed by atoms with Crippen molar-refractivity contribution in [3.8, 4) is 0 Å². The van der Waals surface area contributed by atoms with E-state index >= 15 is 0 Å². The van der Waals surface area contributed by atoms with Crippen LogP contribution in [0.4, 0.5) is 11.4 Å². The fourth-order valence-electron chi connectivity index (χ4n) is 3.12. The zero-order valence-corrected chi connectivity index (χ0v) is 15.7. The first-order chi connectivity index (χ1) is 12.1. The topological polar surface area (TPSA) is 40.2 Å². The molecular weight excluding hydrogens is 328 g/mol. The van der Waals surface area contributed by atoms with Crippen molar-refractivity contribution >= 4 is 28.7 Å². The number of benzene rings is 1. The van der Waals surface area contributed by atoms with Crippen LogP contribution in [0.1, 0.15) is 38.3 Å². The summed E-state index contributed by atoms with van der Waals surface area (Å²) in [6, 6.07) is 12.8. The van der Waals surface area contributed by atoms with E-state index in [0.717, 1.165) is 24.7 Å². The minimum absolute atomic E-state index is 0.150.